The molecule has 5 nitrogen and oxygen atoms in total. The lowest BCUT2D eigenvalue weighted by atomic mass is 9.99. The van der Waals surface area contributed by atoms with Gasteiger partial charge in [0.2, 0.25) is 0 Å². The first-order valence-corrected chi connectivity index (χ1v) is 7.92. The minimum Gasteiger partial charge on any atom is -0.330 e. The number of thiazole rings is 1. The van der Waals surface area contributed by atoms with Gasteiger partial charge in [0.25, 0.3) is 10.0 Å². The first-order chi connectivity index (χ1) is 8.04. The Kier molecular flexibility index (Phi) is 3.82. The molecule has 0 spiro atoms. The van der Waals surface area contributed by atoms with Crippen molar-refractivity contribution < 1.29 is 8.42 Å². The zero-order valence-corrected chi connectivity index (χ0v) is 11.4. The summed E-state index contributed by atoms with van der Waals surface area (Å²) in [4.78, 5) is 4.00. The molecule has 0 bridgehead atoms. The Balaban J connectivity index is 2.12. The molecule has 17 heavy (non-hydrogen) atoms. The highest BCUT2D eigenvalue weighted by molar-refractivity contribution is 7.91. The van der Waals surface area contributed by atoms with Gasteiger partial charge in [0.05, 0.1) is 11.2 Å². The minimum atomic E-state index is -3.32. The van der Waals surface area contributed by atoms with E-state index in [-0.39, 0.29) is 0 Å². The zero-order chi connectivity index (χ0) is 12.5. The minimum absolute atomic E-state index is 0.348. The number of piperidine rings is 1. The molecule has 0 aromatic carbocycles. The summed E-state index contributed by atoms with van der Waals surface area (Å²) in [5.41, 5.74) is 5.60. The second-order valence-corrected chi connectivity index (χ2v) is 7.68. The molecule has 96 valence electrons. The van der Waals surface area contributed by atoms with Crippen molar-refractivity contribution in [3.63, 3.8) is 0 Å². The lowest BCUT2D eigenvalue weighted by Gasteiger charge is -2.29. The molecule has 0 saturated carbocycles. The second-order valence-electron chi connectivity index (χ2n) is 4.28. The van der Waals surface area contributed by atoms with Crippen LogP contribution < -0.4 is 5.73 Å². The summed E-state index contributed by atoms with van der Waals surface area (Å²) in [7, 11) is -3.32. The van der Waals surface area contributed by atoms with E-state index in [2.05, 4.69) is 4.98 Å². The molecule has 2 heterocycles. The van der Waals surface area contributed by atoms with Crippen LogP contribution in [0.15, 0.2) is 10.4 Å². The van der Waals surface area contributed by atoms with Crippen molar-refractivity contribution in [3.8, 4) is 0 Å². The Morgan fingerprint density at radius 3 is 2.65 bits per heavy atom. The summed E-state index contributed by atoms with van der Waals surface area (Å²) >= 11 is 1.23. The predicted octanol–water partition coefficient (Wildman–Crippen LogP) is 0.811. The van der Waals surface area contributed by atoms with Crippen LogP contribution in [-0.4, -0.2) is 37.3 Å². The maximum atomic E-state index is 12.3. The van der Waals surface area contributed by atoms with Crippen molar-refractivity contribution in [1.82, 2.24) is 9.29 Å². The van der Waals surface area contributed by atoms with E-state index in [1.807, 2.05) is 6.92 Å². The van der Waals surface area contributed by atoms with Crippen LogP contribution in [0.5, 0.6) is 0 Å². The number of nitrogens with two attached hydrogens (primary N) is 1. The third kappa shape index (κ3) is 2.67. The van der Waals surface area contributed by atoms with Crippen molar-refractivity contribution in [2.75, 3.05) is 19.6 Å². The Bertz CT molecular complexity index is 475. The van der Waals surface area contributed by atoms with E-state index >= 15 is 0 Å². The Morgan fingerprint density at radius 1 is 1.53 bits per heavy atom. The van der Waals surface area contributed by atoms with E-state index < -0.39 is 10.0 Å². The number of rotatable bonds is 3. The average molecular weight is 275 g/mol. The number of aryl methyl sites for hydroxylation is 1. The molecule has 0 amide bonds. The van der Waals surface area contributed by atoms with Gasteiger partial charge < -0.3 is 5.73 Å². The highest BCUT2D eigenvalue weighted by Gasteiger charge is 2.30. The van der Waals surface area contributed by atoms with E-state index in [1.165, 1.54) is 17.5 Å². The lowest BCUT2D eigenvalue weighted by molar-refractivity contribution is 0.279. The predicted molar refractivity (Wildman–Crippen MR) is 67.4 cm³/mol. The SMILES string of the molecule is Cc1ncc(S(=O)(=O)N2CCC(CN)CC2)s1. The van der Waals surface area contributed by atoms with Gasteiger partial charge in [-0.05, 0) is 32.2 Å². The Hall–Kier alpha value is -0.500. The maximum absolute atomic E-state index is 12.3. The molecule has 1 aromatic rings. The monoisotopic (exact) mass is 275 g/mol. The van der Waals surface area contributed by atoms with Gasteiger partial charge in [0.15, 0.2) is 4.21 Å². The zero-order valence-electron chi connectivity index (χ0n) is 9.80. The number of hydrogen-bond donors (Lipinski definition) is 1. The molecule has 0 aliphatic carbocycles. The van der Waals surface area contributed by atoms with Gasteiger partial charge >= 0.3 is 0 Å². The summed E-state index contributed by atoms with van der Waals surface area (Å²) in [5.74, 6) is 0.463. The van der Waals surface area contributed by atoms with Crippen molar-refractivity contribution in [3.05, 3.63) is 11.2 Å². The van der Waals surface area contributed by atoms with Crippen molar-refractivity contribution in [2.24, 2.45) is 11.7 Å². The number of hydrogen-bond acceptors (Lipinski definition) is 5. The van der Waals surface area contributed by atoms with E-state index in [0.29, 0.717) is 29.8 Å². The van der Waals surface area contributed by atoms with E-state index in [0.717, 1.165) is 17.8 Å². The quantitative estimate of drug-likeness (QED) is 0.885. The van der Waals surface area contributed by atoms with Crippen LogP contribution >= 0.6 is 11.3 Å². The lowest BCUT2D eigenvalue weighted by Crippen LogP contribution is -2.39. The van der Waals surface area contributed by atoms with Gasteiger partial charge in [0.1, 0.15) is 0 Å². The number of nitrogens with zero attached hydrogens (tertiary/aromatic N) is 2. The summed E-state index contributed by atoms with van der Waals surface area (Å²) in [5, 5.41) is 0.778. The smallest absolute Gasteiger partial charge is 0.254 e. The van der Waals surface area contributed by atoms with Gasteiger partial charge in [0, 0.05) is 13.1 Å². The topological polar surface area (TPSA) is 76.3 Å². The summed E-state index contributed by atoms with van der Waals surface area (Å²) in [6, 6.07) is 0. The third-order valence-electron chi connectivity index (χ3n) is 3.10. The van der Waals surface area contributed by atoms with Gasteiger partial charge in [-0.1, -0.05) is 0 Å². The van der Waals surface area contributed by atoms with Crippen LogP contribution in [0.1, 0.15) is 17.8 Å². The Morgan fingerprint density at radius 2 is 2.18 bits per heavy atom. The third-order valence-corrected chi connectivity index (χ3v) is 6.35. The molecule has 7 heteroatoms. The van der Waals surface area contributed by atoms with Crippen LogP contribution in [0, 0.1) is 12.8 Å². The largest absolute Gasteiger partial charge is 0.330 e. The van der Waals surface area contributed by atoms with Gasteiger partial charge in [-0.2, -0.15) is 4.31 Å². The van der Waals surface area contributed by atoms with Gasteiger partial charge in [-0.15, -0.1) is 11.3 Å². The van der Waals surface area contributed by atoms with Crippen LogP contribution in [0.25, 0.3) is 0 Å². The molecule has 0 unspecified atom stereocenters. The Labute approximate surface area is 106 Å². The summed E-state index contributed by atoms with van der Waals surface area (Å²) < 4.78 is 26.4. The average Bonchev–Trinajstić information content (AvgIpc) is 2.77. The molecule has 1 aliphatic rings. The second kappa shape index (κ2) is 5.01. The van der Waals surface area contributed by atoms with Gasteiger partial charge in [-0.25, -0.2) is 13.4 Å². The first kappa shape index (κ1) is 12.9. The van der Waals surface area contributed by atoms with Crippen LogP contribution in [-0.2, 0) is 10.0 Å². The maximum Gasteiger partial charge on any atom is 0.254 e. The van der Waals surface area contributed by atoms with E-state index in [1.54, 1.807) is 4.31 Å². The molecule has 1 aliphatic heterocycles. The fraction of sp³-hybridized carbons (Fsp3) is 0.700. The fourth-order valence-corrected chi connectivity index (χ4v) is 4.71. The van der Waals surface area contributed by atoms with E-state index in [4.69, 9.17) is 5.73 Å². The van der Waals surface area contributed by atoms with Crippen molar-refractivity contribution in [2.45, 2.75) is 24.0 Å². The van der Waals surface area contributed by atoms with E-state index in [9.17, 15) is 8.42 Å². The molecule has 0 atom stereocenters. The van der Waals surface area contributed by atoms with Crippen LogP contribution in [0.4, 0.5) is 0 Å². The fourth-order valence-electron chi connectivity index (χ4n) is 1.97. The molecular formula is C10H17N3O2S2. The molecule has 1 aromatic heterocycles. The summed E-state index contributed by atoms with van der Waals surface area (Å²) in [6.45, 7) is 3.60. The molecule has 2 N–H and O–H groups in total. The molecule has 1 fully saturated rings. The van der Waals surface area contributed by atoms with Crippen molar-refractivity contribution in [1.29, 1.82) is 0 Å². The van der Waals surface area contributed by atoms with Crippen molar-refractivity contribution >= 4 is 21.4 Å². The molecule has 1 saturated heterocycles. The van der Waals surface area contributed by atoms with Gasteiger partial charge in [-0.3, -0.25) is 0 Å². The highest BCUT2D eigenvalue weighted by Crippen LogP contribution is 2.26. The molecule has 2 rings (SSSR count). The standard InChI is InChI=1S/C10H17N3O2S2/c1-8-12-7-10(16-8)17(14,15)13-4-2-9(6-11)3-5-13/h7,9H,2-6,11H2,1H3. The van der Waals surface area contributed by atoms with Crippen LogP contribution in [0.3, 0.4) is 0 Å². The number of sulfonamides is 1. The van der Waals surface area contributed by atoms with Crippen LogP contribution in [0.2, 0.25) is 0 Å². The first-order valence-electron chi connectivity index (χ1n) is 5.66. The summed E-state index contributed by atoms with van der Waals surface area (Å²) in [6.07, 6.45) is 3.16. The number of aromatic nitrogens is 1. The normalized spacial score (nSPS) is 19.6. The molecular weight excluding hydrogens is 258 g/mol. The molecule has 0 radical (unpaired) electrons. The highest BCUT2D eigenvalue weighted by atomic mass is 32.2.